The minimum atomic E-state index is 0. The molecule has 0 aromatic heterocycles. The van der Waals surface area contributed by atoms with Gasteiger partial charge in [-0.2, -0.15) is 47.0 Å². The third kappa shape index (κ3) is 10.1. The Hall–Kier alpha value is -0.877. The first-order valence-corrected chi connectivity index (χ1v) is 12.6. The fraction of sp³-hybridized carbons (Fsp3) is 0.400. The first-order chi connectivity index (χ1) is 14.5. The van der Waals surface area contributed by atoms with Gasteiger partial charge in [-0.3, -0.25) is 0 Å². The van der Waals surface area contributed by atoms with E-state index in [-0.39, 0.29) is 24.8 Å². The summed E-state index contributed by atoms with van der Waals surface area (Å²) in [5.74, 6) is 0. The number of fused-ring (bicyclic) bond motifs is 3. The fourth-order valence-electron chi connectivity index (χ4n) is 3.77. The molecule has 0 fully saturated rings. The molecule has 0 aliphatic heterocycles. The van der Waals surface area contributed by atoms with Crippen molar-refractivity contribution in [2.45, 2.75) is 80.1 Å². The Morgan fingerprint density at radius 2 is 1.61 bits per heavy atom. The minimum absolute atomic E-state index is 0. The molecule has 0 atom stereocenters. The minimum Gasteiger partial charge on any atom is -1.00 e. The molecule has 33 heavy (non-hydrogen) atoms. The molecule has 3 aromatic rings. The predicted molar refractivity (Wildman–Crippen MR) is 134 cm³/mol. The average molecular weight is 561 g/mol. The first kappa shape index (κ1) is 32.1. The second kappa shape index (κ2) is 14.5. The molecule has 3 aromatic carbocycles. The van der Waals surface area contributed by atoms with E-state index in [2.05, 4.69) is 110 Å². The summed E-state index contributed by atoms with van der Waals surface area (Å²) < 4.78 is 1.51. The van der Waals surface area contributed by atoms with E-state index >= 15 is 0 Å². The summed E-state index contributed by atoms with van der Waals surface area (Å²) in [6.45, 7) is 17.5. The van der Waals surface area contributed by atoms with Crippen molar-refractivity contribution in [3.8, 4) is 11.1 Å². The molecule has 0 saturated heterocycles. The van der Waals surface area contributed by atoms with Crippen molar-refractivity contribution in [3.05, 3.63) is 88.0 Å². The standard InChI is InChI=1S/C15H13.C12H19.C3H6.2ClH.Zr/c1-10-3-5-14-12(7-10)9-13-8-11(2)4-6-15(13)14;1-5-6-10-7-8-11(9-10)12(2,3)4;1-3-2;;;/h3-7H,9H2,1-2H3;7-9H,5-6H2,1-4H3;1-2H3;2*1H;/q2*-1;;;;+2/p-2. The molecule has 0 nitrogen and oxygen atoms in total. The maximum atomic E-state index is 3.45. The largest absolute Gasteiger partial charge is 1.00 e. The summed E-state index contributed by atoms with van der Waals surface area (Å²) in [4.78, 5) is 0. The molecule has 1 aliphatic rings. The molecule has 178 valence electrons. The van der Waals surface area contributed by atoms with Crippen molar-refractivity contribution in [1.29, 1.82) is 0 Å². The molecule has 0 unspecified atom stereocenters. The molecule has 0 heterocycles. The summed E-state index contributed by atoms with van der Waals surface area (Å²) >= 11 is 1.55. The van der Waals surface area contributed by atoms with Crippen molar-refractivity contribution in [1.82, 2.24) is 0 Å². The van der Waals surface area contributed by atoms with Crippen LogP contribution in [-0.2, 0) is 42.5 Å². The van der Waals surface area contributed by atoms with Gasteiger partial charge in [0.05, 0.1) is 0 Å². The van der Waals surface area contributed by atoms with Crippen LogP contribution < -0.4 is 24.8 Å². The Bertz CT molecular complexity index is 969. The quantitative estimate of drug-likeness (QED) is 0.330. The van der Waals surface area contributed by atoms with E-state index in [0.717, 1.165) is 6.42 Å². The van der Waals surface area contributed by atoms with Crippen LogP contribution in [0.3, 0.4) is 0 Å². The van der Waals surface area contributed by atoms with E-state index < -0.39 is 0 Å². The summed E-state index contributed by atoms with van der Waals surface area (Å²) in [5, 5.41) is 0. The van der Waals surface area contributed by atoms with Gasteiger partial charge in [0, 0.05) is 0 Å². The fourth-order valence-corrected chi connectivity index (χ4v) is 3.77. The third-order valence-electron chi connectivity index (χ3n) is 5.31. The average Bonchev–Trinajstić information content (AvgIpc) is 3.25. The van der Waals surface area contributed by atoms with Crippen LogP contribution in [0.2, 0.25) is 0 Å². The van der Waals surface area contributed by atoms with Crippen molar-refractivity contribution in [3.63, 3.8) is 0 Å². The van der Waals surface area contributed by atoms with Crippen LogP contribution in [0.4, 0.5) is 0 Å². The zero-order chi connectivity index (χ0) is 23.2. The van der Waals surface area contributed by atoms with E-state index in [1.165, 1.54) is 60.6 Å². The number of benzene rings is 2. The van der Waals surface area contributed by atoms with E-state index in [0.29, 0.717) is 5.41 Å². The molecule has 0 bridgehead atoms. The van der Waals surface area contributed by atoms with Crippen LogP contribution in [0.15, 0.2) is 48.5 Å². The topological polar surface area (TPSA) is 0 Å². The van der Waals surface area contributed by atoms with Gasteiger partial charge in [0.25, 0.3) is 0 Å². The van der Waals surface area contributed by atoms with Crippen molar-refractivity contribution < 1.29 is 49.0 Å². The van der Waals surface area contributed by atoms with Crippen LogP contribution in [0.1, 0.15) is 81.3 Å². The molecular formula is C30H38Cl2Zr-2. The van der Waals surface area contributed by atoms with E-state index in [9.17, 15) is 0 Å². The van der Waals surface area contributed by atoms with Crippen LogP contribution in [0, 0.1) is 19.9 Å². The van der Waals surface area contributed by atoms with E-state index in [4.69, 9.17) is 0 Å². The molecule has 1 aliphatic carbocycles. The molecule has 3 heteroatoms. The Kier molecular flexibility index (Phi) is 14.1. The second-order valence-electron chi connectivity index (χ2n) is 9.88. The Labute approximate surface area is 230 Å². The van der Waals surface area contributed by atoms with Crippen LogP contribution in [-0.4, -0.2) is 3.21 Å². The predicted octanol–water partition coefficient (Wildman–Crippen LogP) is 2.08. The van der Waals surface area contributed by atoms with Gasteiger partial charge in [-0.15, -0.1) is 11.1 Å². The third-order valence-corrected chi connectivity index (χ3v) is 5.31. The number of hydrogen-bond donors (Lipinski definition) is 0. The Morgan fingerprint density at radius 3 is 2.15 bits per heavy atom. The Balaban J connectivity index is 0.000000518. The van der Waals surface area contributed by atoms with E-state index in [1.807, 2.05) is 0 Å². The molecule has 0 amide bonds. The van der Waals surface area contributed by atoms with Crippen molar-refractivity contribution in [2.24, 2.45) is 0 Å². The smallest absolute Gasteiger partial charge is 0.0253 e. The Morgan fingerprint density at radius 1 is 1.00 bits per heavy atom. The first-order valence-electron chi connectivity index (χ1n) is 11.4. The van der Waals surface area contributed by atoms with E-state index in [1.54, 1.807) is 24.2 Å². The molecule has 0 radical (unpaired) electrons. The SMILES string of the molecule is CCCc1cc(C(C)(C)C)c[cH-]1.C[C](C)=[Zr+2].Cc1[c-]c2c(cc1)-c1ccc(C)cc1C2.[Cl-].[Cl-]. The molecule has 0 saturated carbocycles. The van der Waals surface area contributed by atoms with Gasteiger partial charge in [0.1, 0.15) is 0 Å². The number of aryl methyl sites for hydroxylation is 3. The number of rotatable bonds is 2. The van der Waals surface area contributed by atoms with Crippen molar-refractivity contribution >= 4 is 3.21 Å². The molecule has 4 rings (SSSR count). The van der Waals surface area contributed by atoms with Crippen LogP contribution in [0.25, 0.3) is 11.1 Å². The van der Waals surface area contributed by atoms with Crippen LogP contribution in [0.5, 0.6) is 0 Å². The van der Waals surface area contributed by atoms with Gasteiger partial charge in [0.2, 0.25) is 0 Å². The number of hydrogen-bond acceptors (Lipinski definition) is 0. The molecule has 0 spiro atoms. The summed E-state index contributed by atoms with van der Waals surface area (Å²) in [6, 6.07) is 21.4. The summed E-state index contributed by atoms with van der Waals surface area (Å²) in [5.41, 5.74) is 11.4. The maximum Gasteiger partial charge on any atom is -0.0253 e. The van der Waals surface area contributed by atoms with Gasteiger partial charge >= 0.3 is 41.3 Å². The van der Waals surface area contributed by atoms with Gasteiger partial charge in [-0.1, -0.05) is 82.2 Å². The molecular weight excluding hydrogens is 522 g/mol. The molecule has 0 N–H and O–H groups in total. The normalized spacial score (nSPS) is 10.8. The zero-order valence-electron chi connectivity index (χ0n) is 21.5. The van der Waals surface area contributed by atoms with Crippen LogP contribution >= 0.6 is 0 Å². The summed E-state index contributed by atoms with van der Waals surface area (Å²) in [7, 11) is 0. The van der Waals surface area contributed by atoms with Gasteiger partial charge in [-0.05, 0) is 18.9 Å². The second-order valence-corrected chi connectivity index (χ2v) is 12.3. The maximum absolute atomic E-state index is 3.45. The summed E-state index contributed by atoms with van der Waals surface area (Å²) in [6.07, 6.45) is 3.51. The van der Waals surface area contributed by atoms with Gasteiger partial charge in [0.15, 0.2) is 0 Å². The monoisotopic (exact) mass is 558 g/mol. The van der Waals surface area contributed by atoms with Gasteiger partial charge in [-0.25, -0.2) is 6.07 Å². The van der Waals surface area contributed by atoms with Gasteiger partial charge < -0.3 is 24.8 Å². The zero-order valence-corrected chi connectivity index (χ0v) is 25.5. The van der Waals surface area contributed by atoms with Crippen molar-refractivity contribution in [2.75, 3.05) is 0 Å². The number of halogens is 2.